The molecule has 1 atom stereocenters. The molecule has 1 unspecified atom stereocenters. The van der Waals surface area contributed by atoms with E-state index in [9.17, 15) is 0 Å². The first-order chi connectivity index (χ1) is 7.74. The lowest BCUT2D eigenvalue weighted by molar-refractivity contribution is 0.347. The molecule has 0 fully saturated rings. The quantitative estimate of drug-likeness (QED) is 0.890. The van der Waals surface area contributed by atoms with Crippen molar-refractivity contribution in [2.45, 2.75) is 32.4 Å². The van der Waals surface area contributed by atoms with Gasteiger partial charge in [-0.05, 0) is 24.9 Å². The van der Waals surface area contributed by atoms with E-state index in [1.807, 2.05) is 17.0 Å². The van der Waals surface area contributed by atoms with Crippen LogP contribution in [-0.2, 0) is 12.1 Å². The first kappa shape index (κ1) is 11.6. The summed E-state index contributed by atoms with van der Waals surface area (Å²) in [7, 11) is 0. The van der Waals surface area contributed by atoms with Gasteiger partial charge in [0.1, 0.15) is 5.01 Å². The molecule has 0 radical (unpaired) electrons. The van der Waals surface area contributed by atoms with Crippen LogP contribution in [0.2, 0.25) is 0 Å². The molecular formula is C10H14N4S2. The summed E-state index contributed by atoms with van der Waals surface area (Å²) >= 11 is 3.07. The normalized spacial score (nSPS) is 14.9. The highest BCUT2D eigenvalue weighted by Gasteiger charge is 2.26. The minimum absolute atomic E-state index is 0.0716. The lowest BCUT2D eigenvalue weighted by atomic mass is 10.00. The molecule has 2 aromatic rings. The number of nitrogens with zero attached hydrogens (tertiary/aromatic N) is 3. The molecule has 0 bridgehead atoms. The van der Waals surface area contributed by atoms with Gasteiger partial charge in [-0.2, -0.15) is 0 Å². The van der Waals surface area contributed by atoms with Gasteiger partial charge in [-0.1, -0.05) is 11.4 Å². The third-order valence-corrected chi connectivity index (χ3v) is 4.27. The molecule has 2 heterocycles. The van der Waals surface area contributed by atoms with Crippen molar-refractivity contribution in [1.82, 2.24) is 19.9 Å². The van der Waals surface area contributed by atoms with Crippen LogP contribution >= 0.6 is 22.9 Å². The van der Waals surface area contributed by atoms with Crippen molar-refractivity contribution in [2.24, 2.45) is 0 Å². The van der Waals surface area contributed by atoms with Gasteiger partial charge in [-0.25, -0.2) is 4.98 Å². The van der Waals surface area contributed by atoms with E-state index < -0.39 is 0 Å². The zero-order valence-corrected chi connectivity index (χ0v) is 10.9. The Bertz CT molecular complexity index is 412. The zero-order chi connectivity index (χ0) is 11.4. The molecule has 0 aromatic carbocycles. The molecule has 0 saturated heterocycles. The topological polar surface area (TPSA) is 50.7 Å². The highest BCUT2D eigenvalue weighted by Crippen LogP contribution is 2.26. The molecule has 0 amide bonds. The number of rotatable bonds is 5. The summed E-state index contributed by atoms with van der Waals surface area (Å²) in [5.41, 5.74) is 0.916. The van der Waals surface area contributed by atoms with Crippen molar-refractivity contribution < 1.29 is 0 Å². The number of hydrogen-bond donors (Lipinski definition) is 1. The molecule has 6 heteroatoms. The Morgan fingerprint density at radius 1 is 1.50 bits per heavy atom. The molecule has 0 aliphatic carbocycles. The zero-order valence-electron chi connectivity index (χ0n) is 9.30. The monoisotopic (exact) mass is 254 g/mol. The molecule has 0 aliphatic heterocycles. The van der Waals surface area contributed by atoms with Crippen LogP contribution in [0.5, 0.6) is 0 Å². The minimum Gasteiger partial charge on any atom is -0.300 e. The van der Waals surface area contributed by atoms with E-state index >= 15 is 0 Å². The largest absolute Gasteiger partial charge is 0.300 e. The first-order valence-corrected chi connectivity index (χ1v) is 6.87. The van der Waals surface area contributed by atoms with Crippen LogP contribution in [0.25, 0.3) is 0 Å². The Morgan fingerprint density at radius 2 is 2.38 bits per heavy atom. The van der Waals surface area contributed by atoms with E-state index in [4.69, 9.17) is 0 Å². The number of aromatic nitrogens is 3. The Labute approximate surface area is 103 Å². The van der Waals surface area contributed by atoms with Crippen molar-refractivity contribution in [2.75, 3.05) is 0 Å². The SMILES string of the molecule is CCC(C)(NCc1csnn1)c1nccs1. The van der Waals surface area contributed by atoms with Gasteiger partial charge in [-0.3, -0.25) is 5.32 Å². The molecule has 4 nitrogen and oxygen atoms in total. The van der Waals surface area contributed by atoms with Crippen LogP contribution < -0.4 is 5.32 Å². The van der Waals surface area contributed by atoms with Crippen LogP contribution in [0.1, 0.15) is 31.0 Å². The molecule has 0 aliphatic rings. The standard InChI is InChI=1S/C10H14N4S2/c1-3-10(2,9-11-4-5-15-9)12-6-8-7-16-14-13-8/h4-5,7,12H,3,6H2,1-2H3. The summed E-state index contributed by atoms with van der Waals surface area (Å²) in [6.45, 7) is 5.07. The van der Waals surface area contributed by atoms with Gasteiger partial charge >= 0.3 is 0 Å². The van der Waals surface area contributed by atoms with Gasteiger partial charge in [0.05, 0.1) is 11.2 Å². The Hall–Kier alpha value is -0.850. The lowest BCUT2D eigenvalue weighted by Gasteiger charge is -2.27. The Kier molecular flexibility index (Phi) is 3.63. The number of hydrogen-bond acceptors (Lipinski definition) is 6. The van der Waals surface area contributed by atoms with Crippen molar-refractivity contribution in [3.63, 3.8) is 0 Å². The van der Waals surface area contributed by atoms with Crippen molar-refractivity contribution in [3.05, 3.63) is 27.7 Å². The summed E-state index contributed by atoms with van der Waals surface area (Å²) in [6.07, 6.45) is 2.85. The molecule has 0 spiro atoms. The first-order valence-electron chi connectivity index (χ1n) is 5.15. The molecule has 1 N–H and O–H groups in total. The van der Waals surface area contributed by atoms with E-state index in [0.717, 1.165) is 23.7 Å². The van der Waals surface area contributed by atoms with E-state index in [-0.39, 0.29) is 5.54 Å². The third kappa shape index (κ3) is 2.45. The van der Waals surface area contributed by atoms with E-state index in [0.29, 0.717) is 0 Å². The van der Waals surface area contributed by atoms with Crippen molar-refractivity contribution >= 4 is 22.9 Å². The smallest absolute Gasteiger partial charge is 0.112 e. The van der Waals surface area contributed by atoms with E-state index in [2.05, 4.69) is 33.7 Å². The highest BCUT2D eigenvalue weighted by molar-refractivity contribution is 7.09. The van der Waals surface area contributed by atoms with Gasteiger partial charge in [0.25, 0.3) is 0 Å². The van der Waals surface area contributed by atoms with Gasteiger partial charge in [-0.15, -0.1) is 16.4 Å². The Morgan fingerprint density at radius 3 is 2.94 bits per heavy atom. The predicted octanol–water partition coefficient (Wildman–Crippen LogP) is 2.41. The molecule has 0 saturated carbocycles. The van der Waals surface area contributed by atoms with Crippen LogP contribution in [0, 0.1) is 0 Å². The summed E-state index contributed by atoms with van der Waals surface area (Å²) in [5, 5.41) is 12.6. The summed E-state index contributed by atoms with van der Waals surface area (Å²) in [5.74, 6) is 0. The van der Waals surface area contributed by atoms with Crippen LogP contribution in [0.4, 0.5) is 0 Å². The van der Waals surface area contributed by atoms with Gasteiger partial charge in [0, 0.05) is 23.5 Å². The fourth-order valence-electron chi connectivity index (χ4n) is 1.39. The van der Waals surface area contributed by atoms with Gasteiger partial charge in [0.15, 0.2) is 0 Å². The average molecular weight is 254 g/mol. The van der Waals surface area contributed by atoms with E-state index in [1.54, 1.807) is 11.3 Å². The average Bonchev–Trinajstić information content (AvgIpc) is 2.98. The molecule has 2 rings (SSSR count). The van der Waals surface area contributed by atoms with Crippen LogP contribution in [0.15, 0.2) is 17.0 Å². The summed E-state index contributed by atoms with van der Waals surface area (Å²) in [4.78, 5) is 4.38. The highest BCUT2D eigenvalue weighted by atomic mass is 32.1. The molecule has 16 heavy (non-hydrogen) atoms. The molecule has 86 valence electrons. The fourth-order valence-corrected chi connectivity index (χ4v) is 2.69. The lowest BCUT2D eigenvalue weighted by Crippen LogP contribution is -2.38. The summed E-state index contributed by atoms with van der Waals surface area (Å²) < 4.78 is 3.85. The second-order valence-corrected chi connectivity index (χ2v) is 5.28. The van der Waals surface area contributed by atoms with Crippen LogP contribution in [0.3, 0.4) is 0 Å². The number of nitrogens with one attached hydrogen (secondary N) is 1. The minimum atomic E-state index is -0.0716. The molecular weight excluding hydrogens is 240 g/mol. The van der Waals surface area contributed by atoms with Crippen molar-refractivity contribution in [3.8, 4) is 0 Å². The number of thiazole rings is 1. The molecule has 2 aromatic heterocycles. The maximum atomic E-state index is 4.38. The second-order valence-electron chi connectivity index (χ2n) is 3.77. The van der Waals surface area contributed by atoms with E-state index in [1.165, 1.54) is 11.5 Å². The van der Waals surface area contributed by atoms with Gasteiger partial charge < -0.3 is 0 Å². The summed E-state index contributed by atoms with van der Waals surface area (Å²) in [6, 6.07) is 0. The van der Waals surface area contributed by atoms with Crippen molar-refractivity contribution in [1.29, 1.82) is 0 Å². The Balaban J connectivity index is 2.05. The van der Waals surface area contributed by atoms with Gasteiger partial charge in [0.2, 0.25) is 0 Å². The second kappa shape index (κ2) is 4.99. The fraction of sp³-hybridized carbons (Fsp3) is 0.500. The third-order valence-electron chi connectivity index (χ3n) is 2.68. The van der Waals surface area contributed by atoms with Crippen LogP contribution in [-0.4, -0.2) is 14.6 Å². The predicted molar refractivity (Wildman–Crippen MR) is 66.5 cm³/mol. The maximum absolute atomic E-state index is 4.38. The maximum Gasteiger partial charge on any atom is 0.112 e.